The van der Waals surface area contributed by atoms with Crippen LogP contribution in [-0.2, 0) is 0 Å². The highest BCUT2D eigenvalue weighted by Gasteiger charge is 2.11. The summed E-state index contributed by atoms with van der Waals surface area (Å²) in [6, 6.07) is 15.8. The number of anilines is 1. The summed E-state index contributed by atoms with van der Waals surface area (Å²) in [6.07, 6.45) is 1.72. The predicted molar refractivity (Wildman–Crippen MR) is 105 cm³/mol. The van der Waals surface area contributed by atoms with Gasteiger partial charge in [-0.3, -0.25) is 15.5 Å². The van der Waals surface area contributed by atoms with Gasteiger partial charge >= 0.3 is 0 Å². The summed E-state index contributed by atoms with van der Waals surface area (Å²) >= 11 is 6.32. The van der Waals surface area contributed by atoms with Gasteiger partial charge in [-0.1, -0.05) is 23.7 Å². The molecular formula is C19H17ClN4O2. The Labute approximate surface area is 155 Å². The van der Waals surface area contributed by atoms with Crippen LogP contribution in [0.5, 0.6) is 0 Å². The summed E-state index contributed by atoms with van der Waals surface area (Å²) in [4.78, 5) is 10.2. The second-order valence-corrected chi connectivity index (χ2v) is 6.19. The molecular weight excluding hydrogens is 352 g/mol. The summed E-state index contributed by atoms with van der Waals surface area (Å²) in [7, 11) is 0. The monoisotopic (exact) mass is 368 g/mol. The van der Waals surface area contributed by atoms with Crippen molar-refractivity contribution in [3.05, 3.63) is 86.7 Å². The first-order chi connectivity index (χ1) is 12.5. The number of nitrogens with one attached hydrogen (secondary N) is 1. The minimum absolute atomic E-state index is 0.0443. The molecule has 0 radical (unpaired) electrons. The number of nitrogens with zero attached hydrogens (tertiary/aromatic N) is 3. The van der Waals surface area contributed by atoms with Crippen molar-refractivity contribution in [2.24, 2.45) is 5.10 Å². The van der Waals surface area contributed by atoms with Gasteiger partial charge in [-0.25, -0.2) is 0 Å². The van der Waals surface area contributed by atoms with Gasteiger partial charge in [0.05, 0.1) is 27.5 Å². The lowest BCUT2D eigenvalue weighted by atomic mass is 10.2. The van der Waals surface area contributed by atoms with Gasteiger partial charge in [-0.05, 0) is 44.2 Å². The first kappa shape index (κ1) is 17.7. The van der Waals surface area contributed by atoms with Crippen LogP contribution >= 0.6 is 11.6 Å². The number of nitro benzene ring substituents is 1. The topological polar surface area (TPSA) is 72.5 Å². The van der Waals surface area contributed by atoms with Crippen molar-refractivity contribution in [1.29, 1.82) is 0 Å². The molecule has 0 bridgehead atoms. The van der Waals surface area contributed by atoms with E-state index in [0.717, 1.165) is 22.6 Å². The lowest BCUT2D eigenvalue weighted by Gasteiger charge is -2.11. The molecule has 7 heteroatoms. The third-order valence-electron chi connectivity index (χ3n) is 4.04. The maximum absolute atomic E-state index is 10.7. The Morgan fingerprint density at radius 3 is 2.50 bits per heavy atom. The maximum Gasteiger partial charge on any atom is 0.269 e. The van der Waals surface area contributed by atoms with Gasteiger partial charge in [0.25, 0.3) is 5.69 Å². The predicted octanol–water partition coefficient (Wildman–Crippen LogP) is 5.10. The van der Waals surface area contributed by atoms with E-state index >= 15 is 0 Å². The molecule has 0 saturated heterocycles. The summed E-state index contributed by atoms with van der Waals surface area (Å²) in [5, 5.41) is 15.6. The smallest absolute Gasteiger partial charge is 0.269 e. The Morgan fingerprint density at radius 2 is 1.85 bits per heavy atom. The van der Waals surface area contributed by atoms with E-state index in [9.17, 15) is 10.1 Å². The van der Waals surface area contributed by atoms with Crippen LogP contribution in [0.15, 0.2) is 59.7 Å². The van der Waals surface area contributed by atoms with E-state index in [-0.39, 0.29) is 5.69 Å². The van der Waals surface area contributed by atoms with Crippen LogP contribution < -0.4 is 5.43 Å². The maximum atomic E-state index is 10.7. The van der Waals surface area contributed by atoms with Crippen LogP contribution in [0.25, 0.3) is 5.69 Å². The lowest BCUT2D eigenvalue weighted by molar-refractivity contribution is -0.384. The number of para-hydroxylation sites is 1. The van der Waals surface area contributed by atoms with E-state index < -0.39 is 4.92 Å². The standard InChI is InChI=1S/C19H17ClN4O2/c1-13-11-15(14(2)23(13)19-6-4-3-5-18(19)20)12-21-22-16-7-9-17(10-8-16)24(25)26/h3-12,22H,1-2H3/b21-12+. The van der Waals surface area contributed by atoms with Crippen molar-refractivity contribution >= 4 is 29.2 Å². The normalized spacial score (nSPS) is 11.0. The highest BCUT2D eigenvalue weighted by atomic mass is 35.5. The Balaban J connectivity index is 1.80. The molecule has 0 aliphatic heterocycles. The molecule has 1 aromatic heterocycles. The van der Waals surface area contributed by atoms with Crippen molar-refractivity contribution < 1.29 is 4.92 Å². The fourth-order valence-electron chi connectivity index (χ4n) is 2.76. The van der Waals surface area contributed by atoms with Crippen molar-refractivity contribution in [3.8, 4) is 5.69 Å². The van der Waals surface area contributed by atoms with Crippen LogP contribution in [0.3, 0.4) is 0 Å². The fraction of sp³-hybridized carbons (Fsp3) is 0.105. The number of hydrogen-bond donors (Lipinski definition) is 1. The number of nitro groups is 1. The molecule has 3 aromatic rings. The first-order valence-corrected chi connectivity index (χ1v) is 8.32. The highest BCUT2D eigenvalue weighted by molar-refractivity contribution is 6.32. The van der Waals surface area contributed by atoms with Gasteiger partial charge in [-0.15, -0.1) is 0 Å². The Morgan fingerprint density at radius 1 is 1.15 bits per heavy atom. The summed E-state index contributed by atoms with van der Waals surface area (Å²) < 4.78 is 2.08. The average molecular weight is 369 g/mol. The molecule has 26 heavy (non-hydrogen) atoms. The zero-order valence-corrected chi connectivity index (χ0v) is 15.1. The molecule has 0 amide bonds. The second kappa shape index (κ2) is 7.41. The number of aromatic nitrogens is 1. The van der Waals surface area contributed by atoms with Gasteiger partial charge in [0, 0.05) is 29.1 Å². The van der Waals surface area contributed by atoms with E-state index in [2.05, 4.69) is 15.1 Å². The third kappa shape index (κ3) is 3.60. The number of benzene rings is 2. The Bertz CT molecular complexity index is 978. The van der Waals surface area contributed by atoms with Gasteiger partial charge in [0.1, 0.15) is 0 Å². The van der Waals surface area contributed by atoms with E-state index in [1.54, 1.807) is 18.3 Å². The minimum atomic E-state index is -0.434. The zero-order valence-electron chi connectivity index (χ0n) is 14.3. The molecule has 0 aliphatic rings. The molecule has 1 N–H and O–H groups in total. The lowest BCUT2D eigenvalue weighted by Crippen LogP contribution is -2.00. The van der Waals surface area contributed by atoms with Crippen molar-refractivity contribution in [2.45, 2.75) is 13.8 Å². The van der Waals surface area contributed by atoms with Crippen LogP contribution in [0.2, 0.25) is 5.02 Å². The largest absolute Gasteiger partial charge is 0.316 e. The number of halogens is 1. The molecule has 0 fully saturated rings. The molecule has 0 atom stereocenters. The van der Waals surface area contributed by atoms with Gasteiger partial charge in [0.15, 0.2) is 0 Å². The van der Waals surface area contributed by atoms with E-state index in [1.807, 2.05) is 44.2 Å². The fourth-order valence-corrected chi connectivity index (χ4v) is 2.98. The number of hydrazone groups is 1. The second-order valence-electron chi connectivity index (χ2n) is 5.79. The van der Waals surface area contributed by atoms with Crippen LogP contribution in [-0.4, -0.2) is 15.7 Å². The molecule has 0 saturated carbocycles. The molecule has 6 nitrogen and oxygen atoms in total. The molecule has 0 unspecified atom stereocenters. The summed E-state index contributed by atoms with van der Waals surface area (Å²) in [5.74, 6) is 0. The average Bonchev–Trinajstić information content (AvgIpc) is 2.90. The van der Waals surface area contributed by atoms with Gasteiger partial charge < -0.3 is 4.57 Å². The van der Waals surface area contributed by atoms with E-state index in [1.165, 1.54) is 12.1 Å². The number of aryl methyl sites for hydroxylation is 1. The van der Waals surface area contributed by atoms with E-state index in [0.29, 0.717) is 10.7 Å². The summed E-state index contributed by atoms with van der Waals surface area (Å²) in [5.41, 5.74) is 7.54. The van der Waals surface area contributed by atoms with Crippen molar-refractivity contribution in [1.82, 2.24) is 4.57 Å². The van der Waals surface area contributed by atoms with Crippen LogP contribution in [0.4, 0.5) is 11.4 Å². The summed E-state index contributed by atoms with van der Waals surface area (Å²) in [6.45, 7) is 4.01. The number of non-ortho nitro benzene ring substituents is 1. The van der Waals surface area contributed by atoms with E-state index in [4.69, 9.17) is 11.6 Å². The van der Waals surface area contributed by atoms with Crippen LogP contribution in [0, 0.1) is 24.0 Å². The number of hydrogen-bond acceptors (Lipinski definition) is 4. The number of rotatable bonds is 5. The quantitative estimate of drug-likeness (QED) is 0.386. The zero-order chi connectivity index (χ0) is 18.7. The van der Waals surface area contributed by atoms with Crippen molar-refractivity contribution in [3.63, 3.8) is 0 Å². The SMILES string of the molecule is Cc1cc(/C=N/Nc2ccc([N+](=O)[O-])cc2)c(C)n1-c1ccccc1Cl. The first-order valence-electron chi connectivity index (χ1n) is 7.95. The molecule has 2 aromatic carbocycles. The molecule has 3 rings (SSSR count). The molecule has 0 aliphatic carbocycles. The minimum Gasteiger partial charge on any atom is -0.316 e. The molecule has 1 heterocycles. The van der Waals surface area contributed by atoms with Gasteiger partial charge in [-0.2, -0.15) is 5.10 Å². The van der Waals surface area contributed by atoms with Crippen LogP contribution in [0.1, 0.15) is 17.0 Å². The molecule has 132 valence electrons. The van der Waals surface area contributed by atoms with Gasteiger partial charge in [0.2, 0.25) is 0 Å². The molecule has 0 spiro atoms. The Hall–Kier alpha value is -3.12. The third-order valence-corrected chi connectivity index (χ3v) is 4.36. The Kier molecular flexibility index (Phi) is 5.04. The highest BCUT2D eigenvalue weighted by Crippen LogP contribution is 2.25. The van der Waals surface area contributed by atoms with Crippen molar-refractivity contribution in [2.75, 3.05) is 5.43 Å².